The number of hydrogen-bond donors (Lipinski definition) is 2. The summed E-state index contributed by atoms with van der Waals surface area (Å²) in [7, 11) is -1.18. The Morgan fingerprint density at radius 1 is 1.31 bits per heavy atom. The van der Waals surface area contributed by atoms with Crippen molar-refractivity contribution in [3.8, 4) is 6.07 Å². The highest BCUT2D eigenvalue weighted by molar-refractivity contribution is 7.85. The second-order valence-electron chi connectivity index (χ2n) is 9.31. The molecule has 2 aromatic heterocycles. The fourth-order valence-corrected chi connectivity index (χ4v) is 7.05. The normalized spacial score (nSPS) is 29.1. The van der Waals surface area contributed by atoms with Gasteiger partial charge in [-0.3, -0.25) is 4.21 Å². The van der Waals surface area contributed by atoms with E-state index < -0.39 is 16.3 Å². The van der Waals surface area contributed by atoms with Gasteiger partial charge in [0, 0.05) is 37.2 Å². The minimum Gasteiger partial charge on any atom is -0.394 e. The molecule has 2 unspecified atom stereocenters. The molecular weight excluding hydrogens is 448 g/mol. The molecule has 10 heteroatoms. The van der Waals surface area contributed by atoms with Gasteiger partial charge in [0.2, 0.25) is 0 Å². The molecule has 32 heavy (non-hydrogen) atoms. The number of nitrogens with one attached hydrogen (secondary N) is 1. The molecule has 1 saturated heterocycles. The van der Waals surface area contributed by atoms with Gasteiger partial charge in [-0.1, -0.05) is 11.6 Å². The van der Waals surface area contributed by atoms with Gasteiger partial charge in [-0.2, -0.15) is 5.26 Å². The highest BCUT2D eigenvalue weighted by Gasteiger charge is 2.58. The number of nitrogens with zero attached hydrogens (tertiary/aromatic N) is 5. The van der Waals surface area contributed by atoms with E-state index in [1.54, 1.807) is 12.4 Å². The molecule has 0 aromatic carbocycles. The van der Waals surface area contributed by atoms with Crippen LogP contribution in [0.25, 0.3) is 0 Å². The molecule has 2 aromatic rings. The Hall–Kier alpha value is -2.28. The molecule has 4 heterocycles. The van der Waals surface area contributed by atoms with E-state index in [2.05, 4.69) is 26.3 Å². The summed E-state index contributed by atoms with van der Waals surface area (Å²) >= 11 is 5.92. The maximum absolute atomic E-state index is 12.8. The average Bonchev–Trinajstić information content (AvgIpc) is 3.08. The van der Waals surface area contributed by atoms with Gasteiger partial charge < -0.3 is 15.3 Å². The first-order valence-corrected chi connectivity index (χ1v) is 12.7. The Kier molecular flexibility index (Phi) is 4.68. The number of rotatable bonds is 5. The number of anilines is 2. The van der Waals surface area contributed by atoms with Gasteiger partial charge in [-0.25, -0.2) is 15.0 Å². The first-order valence-electron chi connectivity index (χ1n) is 11.0. The molecule has 6 rings (SSSR count). The summed E-state index contributed by atoms with van der Waals surface area (Å²) in [6.45, 7) is 1.59. The third kappa shape index (κ3) is 3.04. The molecule has 0 bridgehead atoms. The van der Waals surface area contributed by atoms with E-state index in [9.17, 15) is 14.6 Å². The Morgan fingerprint density at radius 3 is 2.62 bits per heavy atom. The lowest BCUT2D eigenvalue weighted by molar-refractivity contribution is 0.143. The first-order chi connectivity index (χ1) is 15.5. The minimum absolute atomic E-state index is 0.0159. The predicted molar refractivity (Wildman–Crippen MR) is 120 cm³/mol. The van der Waals surface area contributed by atoms with Gasteiger partial charge in [0.25, 0.3) is 0 Å². The lowest BCUT2D eigenvalue weighted by atomic mass is 9.77. The number of aromatic nitrogens is 3. The van der Waals surface area contributed by atoms with Crippen molar-refractivity contribution in [3.05, 3.63) is 34.4 Å². The highest BCUT2D eigenvalue weighted by Crippen LogP contribution is 2.58. The van der Waals surface area contributed by atoms with Gasteiger partial charge in [-0.15, -0.1) is 0 Å². The summed E-state index contributed by atoms with van der Waals surface area (Å²) < 4.78 is 12.8. The van der Waals surface area contributed by atoms with Crippen LogP contribution in [0.2, 0.25) is 5.02 Å². The molecule has 3 fully saturated rings. The van der Waals surface area contributed by atoms with Crippen molar-refractivity contribution in [2.75, 3.05) is 35.7 Å². The number of aliphatic hydroxyl groups excluding tert-OH is 1. The van der Waals surface area contributed by atoms with E-state index in [-0.39, 0.29) is 6.61 Å². The Bertz CT molecular complexity index is 1140. The summed E-state index contributed by atoms with van der Waals surface area (Å²) in [6, 6.07) is 2.35. The molecule has 8 nitrogen and oxygen atoms in total. The van der Waals surface area contributed by atoms with E-state index in [0.29, 0.717) is 57.0 Å². The van der Waals surface area contributed by atoms with Crippen molar-refractivity contribution in [3.63, 3.8) is 0 Å². The van der Waals surface area contributed by atoms with Crippen molar-refractivity contribution in [2.24, 2.45) is 11.8 Å². The molecule has 166 valence electrons. The molecular formula is C22H23ClN6O2S. The number of halogens is 1. The van der Waals surface area contributed by atoms with Crippen LogP contribution >= 0.6 is 11.6 Å². The van der Waals surface area contributed by atoms with Crippen LogP contribution in [0.5, 0.6) is 0 Å². The zero-order valence-electron chi connectivity index (χ0n) is 17.4. The molecule has 0 amide bonds. The summed E-state index contributed by atoms with van der Waals surface area (Å²) in [5, 5.41) is 23.9. The number of fused-ring (bicyclic) bond motifs is 2. The van der Waals surface area contributed by atoms with Gasteiger partial charge in [0.05, 0.1) is 38.4 Å². The van der Waals surface area contributed by atoms with E-state index >= 15 is 0 Å². The van der Waals surface area contributed by atoms with E-state index in [0.717, 1.165) is 43.7 Å². The number of hydrogen-bond acceptors (Lipinski definition) is 8. The van der Waals surface area contributed by atoms with Gasteiger partial charge in [0.1, 0.15) is 23.5 Å². The average molecular weight is 471 g/mol. The van der Waals surface area contributed by atoms with Crippen molar-refractivity contribution >= 4 is 34.0 Å². The van der Waals surface area contributed by atoms with Crippen LogP contribution < -0.4 is 10.2 Å². The van der Waals surface area contributed by atoms with Crippen LogP contribution in [0.15, 0.2) is 17.3 Å². The van der Waals surface area contributed by atoms with Crippen LogP contribution in [0.1, 0.15) is 42.1 Å². The van der Waals surface area contributed by atoms with Crippen LogP contribution in [0.4, 0.5) is 11.6 Å². The minimum atomic E-state index is -1.18. The highest BCUT2D eigenvalue weighted by atomic mass is 35.5. The zero-order valence-corrected chi connectivity index (χ0v) is 19.0. The van der Waals surface area contributed by atoms with Crippen LogP contribution in [-0.2, 0) is 17.2 Å². The standard InChI is InChI=1S/C22H23ClN6O2S/c23-12-7-25-19(26-8-12)17-15-9-29(10-16(15)17)21-14(6-24)13-2-5-32(31)18(13)20(27-21)28-22(11-30)3-1-4-22/h7-8,15-17,30H,1-5,9-11H2,(H,27,28)/t15?,16?,17?,32-/m1/s1. The van der Waals surface area contributed by atoms with Crippen LogP contribution in [0.3, 0.4) is 0 Å². The van der Waals surface area contributed by atoms with Gasteiger partial charge in [-0.05, 0) is 43.1 Å². The number of piperidine rings is 1. The van der Waals surface area contributed by atoms with E-state index in [1.807, 2.05) is 0 Å². The summed E-state index contributed by atoms with van der Waals surface area (Å²) in [6.07, 6.45) is 6.66. The molecule has 2 aliphatic heterocycles. The third-order valence-electron chi connectivity index (χ3n) is 7.54. The topological polar surface area (TPSA) is 115 Å². The van der Waals surface area contributed by atoms with Crippen molar-refractivity contribution < 1.29 is 9.32 Å². The predicted octanol–water partition coefficient (Wildman–Crippen LogP) is 2.24. The molecule has 0 spiro atoms. The van der Waals surface area contributed by atoms with Crippen molar-refractivity contribution in [1.82, 2.24) is 15.0 Å². The quantitative estimate of drug-likeness (QED) is 0.683. The summed E-state index contributed by atoms with van der Waals surface area (Å²) in [4.78, 5) is 16.5. The maximum atomic E-state index is 12.8. The largest absolute Gasteiger partial charge is 0.394 e. The van der Waals surface area contributed by atoms with Crippen LogP contribution in [0, 0.1) is 23.2 Å². The smallest absolute Gasteiger partial charge is 0.149 e. The zero-order chi connectivity index (χ0) is 22.0. The molecule has 2 aliphatic carbocycles. The first kappa shape index (κ1) is 20.3. The van der Waals surface area contributed by atoms with E-state index in [1.165, 1.54) is 0 Å². The van der Waals surface area contributed by atoms with Gasteiger partial charge >= 0.3 is 0 Å². The SMILES string of the molecule is N#Cc1c(N2CC3C(C2)C3c2ncc(Cl)cn2)nc(NC2(CO)CCC2)c2c1CC[S@]2=O. The molecule has 0 radical (unpaired) electrons. The number of aliphatic hydroxyl groups is 1. The summed E-state index contributed by atoms with van der Waals surface area (Å²) in [5.74, 6) is 3.77. The maximum Gasteiger partial charge on any atom is 0.149 e. The lowest BCUT2D eigenvalue weighted by Crippen LogP contribution is -2.48. The van der Waals surface area contributed by atoms with E-state index in [4.69, 9.17) is 16.6 Å². The molecule has 3 atom stereocenters. The van der Waals surface area contributed by atoms with Crippen molar-refractivity contribution in [2.45, 2.75) is 42.0 Å². The van der Waals surface area contributed by atoms with Crippen molar-refractivity contribution in [1.29, 1.82) is 5.26 Å². The fourth-order valence-electron chi connectivity index (χ4n) is 5.57. The Morgan fingerprint density at radius 2 is 2.03 bits per heavy atom. The molecule has 2 N–H and O–H groups in total. The second-order valence-corrected chi connectivity index (χ2v) is 11.3. The number of nitriles is 1. The second kappa shape index (κ2) is 7.37. The van der Waals surface area contributed by atoms with Gasteiger partial charge in [0.15, 0.2) is 0 Å². The summed E-state index contributed by atoms with van der Waals surface area (Å²) in [5.41, 5.74) is 0.996. The Balaban J connectivity index is 1.32. The monoisotopic (exact) mass is 470 g/mol. The van der Waals surface area contributed by atoms with Crippen LogP contribution in [-0.4, -0.2) is 55.3 Å². The fraction of sp³-hybridized carbons (Fsp3) is 0.545. The number of pyridine rings is 1. The third-order valence-corrected chi connectivity index (χ3v) is 9.20. The molecule has 2 saturated carbocycles. The molecule has 4 aliphatic rings. The lowest BCUT2D eigenvalue weighted by Gasteiger charge is -2.42. The Labute approximate surface area is 193 Å².